The number of nitrogens with two attached hydrogens (primary N) is 2. The van der Waals surface area contributed by atoms with Gasteiger partial charge >= 0.3 is 0 Å². The fourth-order valence-corrected chi connectivity index (χ4v) is 1.10. The summed E-state index contributed by atoms with van der Waals surface area (Å²) in [5.74, 6) is 0.335. The van der Waals surface area contributed by atoms with Crippen LogP contribution < -0.4 is 16.8 Å². The Balaban J connectivity index is 2.24. The van der Waals surface area contributed by atoms with Crippen molar-refractivity contribution in [1.29, 1.82) is 0 Å². The van der Waals surface area contributed by atoms with Crippen molar-refractivity contribution in [3.8, 4) is 0 Å². The van der Waals surface area contributed by atoms with Gasteiger partial charge in [-0.3, -0.25) is 4.79 Å². The Hall–Kier alpha value is -0.610. The summed E-state index contributed by atoms with van der Waals surface area (Å²) in [6.07, 6.45) is 2.17. The van der Waals surface area contributed by atoms with E-state index in [1.54, 1.807) is 0 Å². The molecular weight excluding hydrogens is 166 g/mol. The van der Waals surface area contributed by atoms with Crippen molar-refractivity contribution >= 4 is 5.91 Å². The van der Waals surface area contributed by atoms with E-state index in [1.807, 2.05) is 13.8 Å². The molecule has 5 N–H and O–H groups in total. The summed E-state index contributed by atoms with van der Waals surface area (Å²) in [4.78, 5) is 11.4. The van der Waals surface area contributed by atoms with Crippen LogP contribution in [0, 0.1) is 5.92 Å². The topological polar surface area (TPSA) is 81.1 Å². The Labute approximate surface area is 79.0 Å². The van der Waals surface area contributed by atoms with Crippen molar-refractivity contribution in [2.45, 2.75) is 38.3 Å². The standard InChI is InChI=1S/C9H19N3O/c1-9(2,11)5-12-8(13)7(10)6-3-4-6/h6-7H,3-5,10-11H2,1-2H3,(H,12,13)/t7-/m1/s1. The maximum atomic E-state index is 11.4. The van der Waals surface area contributed by atoms with E-state index >= 15 is 0 Å². The molecule has 0 aromatic heterocycles. The minimum atomic E-state index is -0.362. The van der Waals surface area contributed by atoms with Crippen LogP contribution >= 0.6 is 0 Å². The van der Waals surface area contributed by atoms with Gasteiger partial charge in [0.15, 0.2) is 0 Å². The predicted molar refractivity (Wildman–Crippen MR) is 52.0 cm³/mol. The molecule has 76 valence electrons. The maximum Gasteiger partial charge on any atom is 0.237 e. The van der Waals surface area contributed by atoms with E-state index in [0.717, 1.165) is 12.8 Å². The highest BCUT2D eigenvalue weighted by Gasteiger charge is 2.33. The number of nitrogens with one attached hydrogen (secondary N) is 1. The smallest absolute Gasteiger partial charge is 0.237 e. The summed E-state index contributed by atoms with van der Waals surface area (Å²) in [6.45, 7) is 4.22. The molecule has 13 heavy (non-hydrogen) atoms. The van der Waals surface area contributed by atoms with Gasteiger partial charge in [-0.05, 0) is 32.6 Å². The fraction of sp³-hybridized carbons (Fsp3) is 0.889. The Morgan fingerprint density at radius 2 is 2.15 bits per heavy atom. The van der Waals surface area contributed by atoms with Crippen molar-refractivity contribution in [2.24, 2.45) is 17.4 Å². The number of carbonyl (C=O) groups is 1. The third-order valence-electron chi connectivity index (χ3n) is 2.15. The molecule has 0 aliphatic heterocycles. The lowest BCUT2D eigenvalue weighted by Crippen LogP contribution is -2.50. The first kappa shape index (κ1) is 10.5. The summed E-state index contributed by atoms with van der Waals surface area (Å²) in [5, 5.41) is 2.75. The second kappa shape index (κ2) is 3.64. The van der Waals surface area contributed by atoms with Gasteiger partial charge in [0.1, 0.15) is 0 Å². The molecule has 0 radical (unpaired) electrons. The molecular formula is C9H19N3O. The second-order valence-electron chi connectivity index (χ2n) is 4.57. The van der Waals surface area contributed by atoms with E-state index in [-0.39, 0.29) is 17.5 Å². The molecule has 1 amide bonds. The molecule has 0 saturated heterocycles. The van der Waals surface area contributed by atoms with Gasteiger partial charge < -0.3 is 16.8 Å². The highest BCUT2D eigenvalue weighted by atomic mass is 16.2. The Kier molecular flexibility index (Phi) is 2.93. The molecule has 1 aliphatic rings. The van der Waals surface area contributed by atoms with Gasteiger partial charge in [-0.15, -0.1) is 0 Å². The Morgan fingerprint density at radius 3 is 2.54 bits per heavy atom. The van der Waals surface area contributed by atoms with Crippen LogP contribution in [0.25, 0.3) is 0 Å². The minimum absolute atomic E-state index is 0.0685. The van der Waals surface area contributed by atoms with Gasteiger partial charge in [-0.2, -0.15) is 0 Å². The predicted octanol–water partition coefficient (Wildman–Crippen LogP) is -0.423. The van der Waals surface area contributed by atoms with Gasteiger partial charge in [0.2, 0.25) is 5.91 Å². The summed E-state index contributed by atoms with van der Waals surface area (Å²) < 4.78 is 0. The molecule has 4 nitrogen and oxygen atoms in total. The van der Waals surface area contributed by atoms with E-state index in [1.165, 1.54) is 0 Å². The van der Waals surface area contributed by atoms with Crippen molar-refractivity contribution in [3.63, 3.8) is 0 Å². The molecule has 0 heterocycles. The van der Waals surface area contributed by atoms with Gasteiger partial charge in [-0.1, -0.05) is 0 Å². The van der Waals surface area contributed by atoms with Gasteiger partial charge in [0.25, 0.3) is 0 Å². The highest BCUT2D eigenvalue weighted by molar-refractivity contribution is 5.82. The minimum Gasteiger partial charge on any atom is -0.353 e. The van der Waals surface area contributed by atoms with Crippen molar-refractivity contribution in [3.05, 3.63) is 0 Å². The summed E-state index contributed by atoms with van der Waals surface area (Å²) in [5.41, 5.74) is 11.1. The number of carbonyl (C=O) groups excluding carboxylic acids is 1. The first-order chi connectivity index (χ1) is 5.90. The quantitative estimate of drug-likeness (QED) is 0.556. The van der Waals surface area contributed by atoms with E-state index in [9.17, 15) is 4.79 Å². The molecule has 1 atom stereocenters. The molecule has 0 aromatic carbocycles. The van der Waals surface area contributed by atoms with Crippen molar-refractivity contribution < 1.29 is 4.79 Å². The maximum absolute atomic E-state index is 11.4. The van der Waals surface area contributed by atoms with Crippen molar-refractivity contribution in [2.75, 3.05) is 6.54 Å². The third kappa shape index (κ3) is 3.74. The van der Waals surface area contributed by atoms with Gasteiger partial charge in [0, 0.05) is 12.1 Å². The van der Waals surface area contributed by atoms with E-state index < -0.39 is 0 Å². The van der Waals surface area contributed by atoms with E-state index in [4.69, 9.17) is 11.5 Å². The summed E-state index contributed by atoms with van der Waals surface area (Å²) in [6, 6.07) is -0.331. The number of amides is 1. The molecule has 0 unspecified atom stereocenters. The van der Waals surface area contributed by atoms with Crippen LogP contribution in [0.1, 0.15) is 26.7 Å². The van der Waals surface area contributed by atoms with Crippen LogP contribution in [0.3, 0.4) is 0 Å². The zero-order valence-corrected chi connectivity index (χ0v) is 8.34. The molecule has 4 heteroatoms. The lowest BCUT2D eigenvalue weighted by molar-refractivity contribution is -0.123. The van der Waals surface area contributed by atoms with Crippen LogP contribution in [0.5, 0.6) is 0 Å². The SMILES string of the molecule is CC(C)(N)CNC(=O)[C@H](N)C1CC1. The van der Waals surface area contributed by atoms with Gasteiger partial charge in [0.05, 0.1) is 6.04 Å². The molecule has 1 rings (SSSR count). The molecule has 1 saturated carbocycles. The highest BCUT2D eigenvalue weighted by Crippen LogP contribution is 2.31. The second-order valence-corrected chi connectivity index (χ2v) is 4.57. The first-order valence-electron chi connectivity index (χ1n) is 4.72. The lowest BCUT2D eigenvalue weighted by Gasteiger charge is -2.20. The average Bonchev–Trinajstić information content (AvgIpc) is 2.79. The van der Waals surface area contributed by atoms with Crippen LogP contribution in [-0.2, 0) is 4.79 Å². The molecule has 0 bridgehead atoms. The van der Waals surface area contributed by atoms with Gasteiger partial charge in [-0.25, -0.2) is 0 Å². The van der Waals surface area contributed by atoms with Crippen LogP contribution in [0.15, 0.2) is 0 Å². The van der Waals surface area contributed by atoms with Crippen LogP contribution in [0.4, 0.5) is 0 Å². The number of hydrogen-bond acceptors (Lipinski definition) is 3. The van der Waals surface area contributed by atoms with Crippen LogP contribution in [0.2, 0.25) is 0 Å². The first-order valence-corrected chi connectivity index (χ1v) is 4.72. The zero-order valence-electron chi connectivity index (χ0n) is 8.34. The molecule has 0 aromatic rings. The van der Waals surface area contributed by atoms with Crippen molar-refractivity contribution in [1.82, 2.24) is 5.32 Å². The molecule has 1 fully saturated rings. The summed E-state index contributed by atoms with van der Waals surface area (Å²) >= 11 is 0. The number of hydrogen-bond donors (Lipinski definition) is 3. The Morgan fingerprint density at radius 1 is 1.62 bits per heavy atom. The van der Waals surface area contributed by atoms with E-state index in [2.05, 4.69) is 5.32 Å². The average molecular weight is 185 g/mol. The van der Waals surface area contributed by atoms with Crippen LogP contribution in [-0.4, -0.2) is 24.0 Å². The zero-order chi connectivity index (χ0) is 10.1. The normalized spacial score (nSPS) is 19.7. The third-order valence-corrected chi connectivity index (χ3v) is 2.15. The molecule has 1 aliphatic carbocycles. The number of rotatable bonds is 4. The largest absolute Gasteiger partial charge is 0.353 e. The Bertz CT molecular complexity index is 194. The fourth-order valence-electron chi connectivity index (χ4n) is 1.10. The molecule has 0 spiro atoms. The lowest BCUT2D eigenvalue weighted by atomic mass is 10.1. The monoisotopic (exact) mass is 185 g/mol. The van der Waals surface area contributed by atoms with E-state index in [0.29, 0.717) is 12.5 Å². The summed E-state index contributed by atoms with van der Waals surface area (Å²) in [7, 11) is 0.